The first-order valence-electron chi connectivity index (χ1n) is 8.79. The van der Waals surface area contributed by atoms with Gasteiger partial charge in [0, 0.05) is 28.3 Å². The summed E-state index contributed by atoms with van der Waals surface area (Å²) in [6, 6.07) is 20.8. The second-order valence-corrected chi connectivity index (χ2v) is 6.40. The van der Waals surface area contributed by atoms with Gasteiger partial charge in [-0.1, -0.05) is 18.2 Å². The highest BCUT2D eigenvalue weighted by molar-refractivity contribution is 6.10. The maximum atomic E-state index is 12.7. The fourth-order valence-electron chi connectivity index (χ4n) is 2.91. The topological polar surface area (TPSA) is 96.6 Å². The van der Waals surface area contributed by atoms with Crippen molar-refractivity contribution in [3.63, 3.8) is 0 Å². The number of hydrogen-bond donors (Lipinski definition) is 2. The molecule has 1 amide bonds. The van der Waals surface area contributed by atoms with Crippen molar-refractivity contribution in [2.24, 2.45) is 0 Å². The van der Waals surface area contributed by atoms with E-state index in [4.69, 9.17) is 4.42 Å². The predicted molar refractivity (Wildman–Crippen MR) is 108 cm³/mol. The molecule has 29 heavy (non-hydrogen) atoms. The van der Waals surface area contributed by atoms with E-state index < -0.39 is 11.4 Å². The van der Waals surface area contributed by atoms with E-state index in [0.717, 1.165) is 0 Å². The van der Waals surface area contributed by atoms with E-state index >= 15 is 0 Å². The predicted octanol–water partition coefficient (Wildman–Crippen LogP) is 3.98. The summed E-state index contributed by atoms with van der Waals surface area (Å²) < 4.78 is 5.15. The van der Waals surface area contributed by atoms with Crippen LogP contribution in [0.25, 0.3) is 11.0 Å². The highest BCUT2D eigenvalue weighted by Crippen LogP contribution is 2.21. The van der Waals surface area contributed by atoms with Gasteiger partial charge in [0.05, 0.1) is 0 Å². The van der Waals surface area contributed by atoms with Crippen molar-refractivity contribution in [3.05, 3.63) is 106 Å². The Morgan fingerprint density at radius 1 is 0.828 bits per heavy atom. The number of phenolic OH excluding ortho intramolecular Hbond substituents is 1. The van der Waals surface area contributed by atoms with Gasteiger partial charge >= 0.3 is 5.63 Å². The largest absolute Gasteiger partial charge is 0.508 e. The van der Waals surface area contributed by atoms with Crippen LogP contribution in [-0.2, 0) is 0 Å². The lowest BCUT2D eigenvalue weighted by molar-refractivity contribution is 0.102. The van der Waals surface area contributed by atoms with E-state index in [1.54, 1.807) is 42.5 Å². The first-order chi connectivity index (χ1) is 14.0. The number of rotatable bonds is 4. The molecule has 0 atom stereocenters. The highest BCUT2D eigenvalue weighted by atomic mass is 16.4. The summed E-state index contributed by atoms with van der Waals surface area (Å²) in [6.07, 6.45) is 0. The van der Waals surface area contributed by atoms with E-state index in [1.165, 1.54) is 30.3 Å². The third-order valence-corrected chi connectivity index (χ3v) is 4.41. The summed E-state index contributed by atoms with van der Waals surface area (Å²) in [7, 11) is 0. The minimum Gasteiger partial charge on any atom is -0.508 e. The minimum absolute atomic E-state index is 0.0344. The molecular weight excluding hydrogens is 370 g/mol. The Bertz CT molecular complexity index is 1270. The highest BCUT2D eigenvalue weighted by Gasteiger charge is 2.16. The van der Waals surface area contributed by atoms with E-state index in [9.17, 15) is 19.5 Å². The Kier molecular flexibility index (Phi) is 4.66. The Morgan fingerprint density at radius 3 is 2.28 bits per heavy atom. The lowest BCUT2D eigenvalue weighted by Crippen LogP contribution is -2.15. The van der Waals surface area contributed by atoms with Crippen LogP contribution in [0, 0.1) is 0 Å². The van der Waals surface area contributed by atoms with Gasteiger partial charge in [-0.15, -0.1) is 0 Å². The lowest BCUT2D eigenvalue weighted by atomic mass is 10.0. The minimum atomic E-state index is -0.783. The molecule has 0 saturated carbocycles. The van der Waals surface area contributed by atoms with Crippen LogP contribution in [0.5, 0.6) is 5.75 Å². The number of fused-ring (bicyclic) bond motifs is 1. The van der Waals surface area contributed by atoms with Gasteiger partial charge < -0.3 is 14.8 Å². The molecule has 0 fully saturated rings. The van der Waals surface area contributed by atoms with E-state index in [2.05, 4.69) is 5.32 Å². The molecule has 6 heteroatoms. The molecule has 0 aliphatic carbocycles. The van der Waals surface area contributed by atoms with Crippen LogP contribution in [0.1, 0.15) is 26.3 Å². The van der Waals surface area contributed by atoms with Gasteiger partial charge in [0.1, 0.15) is 16.9 Å². The number of anilines is 1. The Morgan fingerprint density at radius 2 is 1.55 bits per heavy atom. The van der Waals surface area contributed by atoms with Crippen LogP contribution >= 0.6 is 0 Å². The van der Waals surface area contributed by atoms with Crippen molar-refractivity contribution in [2.45, 2.75) is 0 Å². The fraction of sp³-hybridized carbons (Fsp3) is 0. The standard InChI is InChI=1S/C23H15NO5/c25-18-11-8-16-12-19(23(28)29-20(16)13-18)21(26)14-6-9-17(10-7-14)24-22(27)15-4-2-1-3-5-15/h1-13,25H,(H,24,27). The summed E-state index contributed by atoms with van der Waals surface area (Å²) in [5.41, 5.74) is 0.640. The average Bonchev–Trinajstić information content (AvgIpc) is 2.74. The van der Waals surface area contributed by atoms with Crippen LogP contribution in [0.3, 0.4) is 0 Å². The number of carbonyl (C=O) groups excluding carboxylic acids is 2. The number of benzene rings is 3. The number of hydrogen-bond acceptors (Lipinski definition) is 5. The molecule has 0 spiro atoms. The van der Waals surface area contributed by atoms with Gasteiger partial charge in [-0.3, -0.25) is 9.59 Å². The first-order valence-corrected chi connectivity index (χ1v) is 8.79. The second-order valence-electron chi connectivity index (χ2n) is 6.40. The Hall–Kier alpha value is -4.19. The molecule has 4 rings (SSSR count). The normalized spacial score (nSPS) is 10.6. The van der Waals surface area contributed by atoms with Crippen LogP contribution in [0.4, 0.5) is 5.69 Å². The molecule has 142 valence electrons. The van der Waals surface area contributed by atoms with E-state index in [-0.39, 0.29) is 28.4 Å². The third kappa shape index (κ3) is 3.77. The van der Waals surface area contributed by atoms with Crippen LogP contribution in [-0.4, -0.2) is 16.8 Å². The molecular formula is C23H15NO5. The number of phenols is 1. The van der Waals surface area contributed by atoms with Crippen molar-refractivity contribution in [3.8, 4) is 5.75 Å². The number of nitrogens with one attached hydrogen (secondary N) is 1. The summed E-state index contributed by atoms with van der Waals surface area (Å²) in [6.45, 7) is 0. The maximum Gasteiger partial charge on any atom is 0.347 e. The Labute approximate surface area is 165 Å². The average molecular weight is 385 g/mol. The third-order valence-electron chi connectivity index (χ3n) is 4.41. The molecule has 0 radical (unpaired) electrons. The molecule has 1 aromatic heterocycles. The smallest absolute Gasteiger partial charge is 0.347 e. The van der Waals surface area contributed by atoms with Gasteiger partial charge in [-0.25, -0.2) is 4.79 Å². The summed E-state index contributed by atoms with van der Waals surface area (Å²) in [4.78, 5) is 37.1. The van der Waals surface area contributed by atoms with Crippen LogP contribution in [0.15, 0.2) is 88.1 Å². The summed E-state index contributed by atoms with van der Waals surface area (Å²) >= 11 is 0. The second kappa shape index (κ2) is 7.44. The molecule has 0 unspecified atom stereocenters. The van der Waals surface area contributed by atoms with Gasteiger partial charge in [0.2, 0.25) is 0 Å². The Balaban J connectivity index is 1.57. The molecule has 0 bridgehead atoms. The van der Waals surface area contributed by atoms with Crippen molar-refractivity contribution in [1.29, 1.82) is 0 Å². The summed E-state index contributed by atoms with van der Waals surface area (Å²) in [5, 5.41) is 12.8. The van der Waals surface area contributed by atoms with Crippen molar-refractivity contribution in [2.75, 3.05) is 5.32 Å². The fourth-order valence-corrected chi connectivity index (χ4v) is 2.91. The SMILES string of the molecule is O=C(Nc1ccc(C(=O)c2cc3ccc(O)cc3oc2=O)cc1)c1ccccc1. The molecule has 1 heterocycles. The van der Waals surface area contributed by atoms with Gasteiger partial charge in [0.25, 0.3) is 5.91 Å². The van der Waals surface area contributed by atoms with E-state index in [0.29, 0.717) is 16.6 Å². The van der Waals surface area contributed by atoms with Crippen LogP contribution in [0.2, 0.25) is 0 Å². The van der Waals surface area contributed by atoms with E-state index in [1.807, 2.05) is 6.07 Å². The molecule has 0 aliphatic heterocycles. The zero-order chi connectivity index (χ0) is 20.4. The van der Waals surface area contributed by atoms with Gasteiger partial charge in [-0.2, -0.15) is 0 Å². The number of ketones is 1. The number of carbonyl (C=O) groups is 2. The lowest BCUT2D eigenvalue weighted by Gasteiger charge is -2.07. The van der Waals surface area contributed by atoms with Crippen molar-refractivity contribution < 1.29 is 19.1 Å². The molecule has 0 saturated heterocycles. The molecule has 0 aliphatic rings. The molecule has 6 nitrogen and oxygen atoms in total. The van der Waals surface area contributed by atoms with Gasteiger partial charge in [-0.05, 0) is 54.6 Å². The maximum absolute atomic E-state index is 12.7. The van der Waals surface area contributed by atoms with Crippen molar-refractivity contribution >= 4 is 28.3 Å². The molecule has 2 N–H and O–H groups in total. The molecule has 3 aromatic carbocycles. The van der Waals surface area contributed by atoms with Crippen LogP contribution < -0.4 is 10.9 Å². The van der Waals surface area contributed by atoms with Crippen molar-refractivity contribution in [1.82, 2.24) is 0 Å². The van der Waals surface area contributed by atoms with Gasteiger partial charge in [0.15, 0.2) is 5.78 Å². The number of aromatic hydroxyl groups is 1. The molecule has 4 aromatic rings. The number of amides is 1. The first kappa shape index (κ1) is 18.2. The zero-order valence-corrected chi connectivity index (χ0v) is 15.1. The zero-order valence-electron chi connectivity index (χ0n) is 15.1. The quantitative estimate of drug-likeness (QED) is 0.409. The monoisotopic (exact) mass is 385 g/mol. The summed E-state index contributed by atoms with van der Waals surface area (Å²) in [5.74, 6) is -0.786.